The number of thiophene rings is 1. The third-order valence-corrected chi connectivity index (χ3v) is 5.72. The summed E-state index contributed by atoms with van der Waals surface area (Å²) in [5.41, 5.74) is 1.35. The van der Waals surface area contributed by atoms with Crippen molar-refractivity contribution in [3.05, 3.63) is 46.0 Å². The van der Waals surface area contributed by atoms with E-state index in [0.717, 1.165) is 63.4 Å². The number of furan rings is 1. The molecule has 28 heavy (non-hydrogen) atoms. The van der Waals surface area contributed by atoms with Crippen LogP contribution in [-0.2, 0) is 4.74 Å². The lowest BCUT2D eigenvalue weighted by Gasteiger charge is -2.33. The Morgan fingerprint density at radius 1 is 1.25 bits per heavy atom. The number of aryl methyl sites for hydroxylation is 1. The third kappa shape index (κ3) is 5.83. The lowest BCUT2D eigenvalue weighted by molar-refractivity contribution is 0.0124. The van der Waals surface area contributed by atoms with Gasteiger partial charge in [-0.2, -0.15) is 11.3 Å². The summed E-state index contributed by atoms with van der Waals surface area (Å²) in [4.78, 5) is 7.23. The number of aliphatic imine (C=N–C) groups is 1. The summed E-state index contributed by atoms with van der Waals surface area (Å²) in [6, 6.07) is 6.46. The Hall–Kier alpha value is -1.83. The van der Waals surface area contributed by atoms with Crippen molar-refractivity contribution in [2.75, 3.05) is 45.9 Å². The van der Waals surface area contributed by atoms with Gasteiger partial charge in [-0.05, 0) is 48.4 Å². The second kappa shape index (κ2) is 10.6. The number of ether oxygens (including phenoxy) is 1. The molecular formula is C21H32N4O2S. The van der Waals surface area contributed by atoms with Gasteiger partial charge in [0.05, 0.1) is 19.3 Å². The second-order valence-electron chi connectivity index (χ2n) is 7.17. The summed E-state index contributed by atoms with van der Waals surface area (Å²) in [5, 5.41) is 11.2. The Balaban J connectivity index is 1.65. The molecule has 6 nitrogen and oxygen atoms in total. The maximum atomic E-state index is 5.96. The lowest BCUT2D eigenvalue weighted by atomic mass is 10.1. The van der Waals surface area contributed by atoms with Crippen molar-refractivity contribution in [3.8, 4) is 0 Å². The molecule has 1 aliphatic heterocycles. The summed E-state index contributed by atoms with van der Waals surface area (Å²) in [6.45, 7) is 12.0. The number of nitrogens with one attached hydrogen (secondary N) is 2. The van der Waals surface area contributed by atoms with Crippen molar-refractivity contribution in [2.45, 2.75) is 32.7 Å². The van der Waals surface area contributed by atoms with Crippen molar-refractivity contribution in [1.82, 2.24) is 15.5 Å². The third-order valence-electron chi connectivity index (χ3n) is 5.02. The average Bonchev–Trinajstić information content (AvgIpc) is 3.39. The van der Waals surface area contributed by atoms with Crippen molar-refractivity contribution >= 4 is 17.3 Å². The Bertz CT molecular complexity index is 723. The second-order valence-corrected chi connectivity index (χ2v) is 7.95. The summed E-state index contributed by atoms with van der Waals surface area (Å²) in [7, 11) is 0. The van der Waals surface area contributed by atoms with Crippen LogP contribution in [0.5, 0.6) is 0 Å². The van der Waals surface area contributed by atoms with Gasteiger partial charge in [-0.1, -0.05) is 6.92 Å². The van der Waals surface area contributed by atoms with E-state index in [9.17, 15) is 0 Å². The van der Waals surface area contributed by atoms with Crippen LogP contribution in [0.3, 0.4) is 0 Å². The van der Waals surface area contributed by atoms with Crippen LogP contribution in [-0.4, -0.2) is 56.8 Å². The Morgan fingerprint density at radius 2 is 2.07 bits per heavy atom. The summed E-state index contributed by atoms with van der Waals surface area (Å²) < 4.78 is 11.5. The minimum Gasteiger partial charge on any atom is -0.465 e. The van der Waals surface area contributed by atoms with E-state index in [1.165, 1.54) is 5.56 Å². The molecule has 0 spiro atoms. The number of hydrogen-bond acceptors (Lipinski definition) is 5. The fourth-order valence-corrected chi connectivity index (χ4v) is 4.14. The van der Waals surface area contributed by atoms with Gasteiger partial charge in [0, 0.05) is 38.6 Å². The van der Waals surface area contributed by atoms with Crippen LogP contribution in [0.2, 0.25) is 0 Å². The SMILES string of the molecule is CCNC(=NCC(C)c1ccsc1)NCC(c1ccc(C)o1)N1CCOCC1. The van der Waals surface area contributed by atoms with Gasteiger partial charge < -0.3 is 19.8 Å². The molecule has 2 atom stereocenters. The van der Waals surface area contributed by atoms with Crippen LogP contribution in [0.15, 0.2) is 38.4 Å². The fourth-order valence-electron chi connectivity index (χ4n) is 3.36. The normalized spacial score (nSPS) is 18.0. The molecule has 7 heteroatoms. The monoisotopic (exact) mass is 404 g/mol. The van der Waals surface area contributed by atoms with Crippen LogP contribution >= 0.6 is 11.3 Å². The number of morpholine rings is 1. The van der Waals surface area contributed by atoms with Crippen LogP contribution in [0, 0.1) is 6.92 Å². The summed E-state index contributed by atoms with van der Waals surface area (Å²) >= 11 is 1.74. The van der Waals surface area contributed by atoms with Crippen molar-refractivity contribution in [1.29, 1.82) is 0 Å². The van der Waals surface area contributed by atoms with Gasteiger partial charge in [-0.15, -0.1) is 0 Å². The molecule has 1 saturated heterocycles. The number of hydrogen-bond donors (Lipinski definition) is 2. The first-order valence-corrected chi connectivity index (χ1v) is 11.0. The minimum absolute atomic E-state index is 0.163. The highest BCUT2D eigenvalue weighted by atomic mass is 32.1. The molecule has 154 valence electrons. The molecule has 2 aromatic rings. The molecular weight excluding hydrogens is 372 g/mol. The van der Waals surface area contributed by atoms with Crippen molar-refractivity contribution in [3.63, 3.8) is 0 Å². The standard InChI is InChI=1S/C21H32N4O2S/c1-4-22-21(23-13-16(2)18-7-12-28-15-18)24-14-19(20-6-5-17(3)27-20)25-8-10-26-11-9-25/h5-7,12,15-16,19H,4,8-11,13-14H2,1-3H3,(H2,22,23,24). The van der Waals surface area contributed by atoms with Gasteiger partial charge in [-0.3, -0.25) is 9.89 Å². The van der Waals surface area contributed by atoms with Crippen LogP contribution < -0.4 is 10.6 Å². The van der Waals surface area contributed by atoms with E-state index in [2.05, 4.69) is 52.3 Å². The maximum Gasteiger partial charge on any atom is 0.191 e. The zero-order valence-corrected chi connectivity index (χ0v) is 17.9. The molecule has 2 N–H and O–H groups in total. The zero-order valence-electron chi connectivity index (χ0n) is 17.1. The predicted molar refractivity (Wildman–Crippen MR) is 115 cm³/mol. The molecule has 0 aromatic carbocycles. The highest BCUT2D eigenvalue weighted by Crippen LogP contribution is 2.23. The molecule has 0 aliphatic carbocycles. The van der Waals surface area contributed by atoms with Gasteiger partial charge >= 0.3 is 0 Å². The highest BCUT2D eigenvalue weighted by molar-refractivity contribution is 7.07. The molecule has 0 amide bonds. The molecule has 1 fully saturated rings. The first kappa shape index (κ1) is 20.9. The van der Waals surface area contributed by atoms with Crippen molar-refractivity contribution in [2.24, 2.45) is 4.99 Å². The number of rotatable bonds is 8. The Kier molecular flexibility index (Phi) is 7.94. The Labute approximate surface area is 172 Å². The van der Waals surface area contributed by atoms with Gasteiger partial charge in [0.2, 0.25) is 0 Å². The van der Waals surface area contributed by atoms with Gasteiger partial charge in [-0.25, -0.2) is 0 Å². The number of guanidine groups is 1. The van der Waals surface area contributed by atoms with E-state index in [1.807, 2.05) is 13.0 Å². The van der Waals surface area contributed by atoms with Gasteiger partial charge in [0.15, 0.2) is 5.96 Å². The largest absolute Gasteiger partial charge is 0.465 e. The smallest absolute Gasteiger partial charge is 0.191 e. The lowest BCUT2D eigenvalue weighted by Crippen LogP contribution is -2.46. The molecule has 3 rings (SSSR count). The van der Waals surface area contributed by atoms with E-state index < -0.39 is 0 Å². The topological polar surface area (TPSA) is 62.0 Å². The summed E-state index contributed by atoms with van der Waals surface area (Å²) in [6.07, 6.45) is 0. The molecule has 0 radical (unpaired) electrons. The van der Waals surface area contributed by atoms with E-state index in [1.54, 1.807) is 11.3 Å². The van der Waals surface area contributed by atoms with E-state index in [-0.39, 0.29) is 6.04 Å². The quantitative estimate of drug-likeness (QED) is 0.522. The molecule has 3 heterocycles. The predicted octanol–water partition coefficient (Wildman–Crippen LogP) is 3.38. The fraction of sp³-hybridized carbons (Fsp3) is 0.571. The van der Waals surface area contributed by atoms with Crippen molar-refractivity contribution < 1.29 is 9.15 Å². The molecule has 2 unspecified atom stereocenters. The van der Waals surface area contributed by atoms with Crippen LogP contribution in [0.1, 0.15) is 42.9 Å². The average molecular weight is 405 g/mol. The van der Waals surface area contributed by atoms with Crippen LogP contribution in [0.25, 0.3) is 0 Å². The zero-order chi connectivity index (χ0) is 19.8. The Morgan fingerprint density at radius 3 is 2.71 bits per heavy atom. The molecule has 2 aromatic heterocycles. The van der Waals surface area contributed by atoms with Gasteiger partial charge in [0.25, 0.3) is 0 Å². The van der Waals surface area contributed by atoms with Crippen LogP contribution in [0.4, 0.5) is 0 Å². The highest BCUT2D eigenvalue weighted by Gasteiger charge is 2.25. The number of nitrogens with zero attached hydrogens (tertiary/aromatic N) is 2. The minimum atomic E-state index is 0.163. The first-order chi connectivity index (χ1) is 13.7. The van der Waals surface area contributed by atoms with Gasteiger partial charge in [0.1, 0.15) is 11.5 Å². The molecule has 0 saturated carbocycles. The molecule has 1 aliphatic rings. The summed E-state index contributed by atoms with van der Waals surface area (Å²) in [5.74, 6) is 3.20. The van der Waals surface area contributed by atoms with E-state index in [0.29, 0.717) is 5.92 Å². The molecule has 0 bridgehead atoms. The maximum absolute atomic E-state index is 5.96. The first-order valence-electron chi connectivity index (χ1n) is 10.1. The van der Waals surface area contributed by atoms with E-state index in [4.69, 9.17) is 14.1 Å². The van der Waals surface area contributed by atoms with E-state index >= 15 is 0 Å².